The predicted molar refractivity (Wildman–Crippen MR) is 25.0 cm³/mol. The van der Waals surface area contributed by atoms with Gasteiger partial charge in [0, 0.05) is 0 Å². The summed E-state index contributed by atoms with van der Waals surface area (Å²) in [6.07, 6.45) is 0. The standard InChI is InChI=1S/CH3.Na.H2O3S/c;;1-4(2)3/h1H3;;(H2,1,2,3). The molecule has 0 aromatic carbocycles. The molecule has 0 aliphatic rings. The quantitative estimate of drug-likeness (QED) is 0.346. The second-order valence-corrected chi connectivity index (χ2v) is 0.692. The summed E-state index contributed by atoms with van der Waals surface area (Å²) in [4.78, 5) is 0. The van der Waals surface area contributed by atoms with Crippen molar-refractivity contribution < 1.29 is 13.3 Å². The van der Waals surface area contributed by atoms with Crippen molar-refractivity contribution in [1.29, 1.82) is 0 Å². The molecule has 0 fully saturated rings. The summed E-state index contributed by atoms with van der Waals surface area (Å²) in [6, 6.07) is 0. The fraction of sp³-hybridized carbons (Fsp3) is 1.00. The summed E-state index contributed by atoms with van der Waals surface area (Å²) >= 11 is -1.31. The third-order valence-corrected chi connectivity index (χ3v) is 0. The van der Waals surface area contributed by atoms with E-state index in [0.717, 1.165) is 0 Å². The molecule has 0 bridgehead atoms. The molecule has 0 unspecified atom stereocenters. The Kier molecular flexibility index (Phi) is 15.9. The van der Waals surface area contributed by atoms with Crippen LogP contribution < -0.4 is 0 Å². The third-order valence-electron chi connectivity index (χ3n) is 0. The van der Waals surface area contributed by atoms with Gasteiger partial charge in [-0.25, -0.2) is 0 Å². The van der Waals surface area contributed by atoms with Gasteiger partial charge in [0.2, 0.25) is 0 Å². The first kappa shape index (κ1) is 10.1. The summed E-state index contributed by atoms with van der Waals surface area (Å²) < 4.78 is 25.0. The SMILES string of the molecule is O=S(O)O.[CH3][Na]. The molecule has 34 valence electrons. The van der Waals surface area contributed by atoms with Crippen LogP contribution in [0.2, 0.25) is 4.17 Å². The second kappa shape index (κ2) is 9.42. The Hall–Kier alpha value is 1.07. The Bertz CT molecular complexity index is 33.8. The van der Waals surface area contributed by atoms with Gasteiger partial charge in [-0.05, 0) is 0 Å². The zero-order valence-corrected chi connectivity index (χ0v) is 6.53. The van der Waals surface area contributed by atoms with Crippen LogP contribution in [-0.4, -0.2) is 41.2 Å². The predicted octanol–water partition coefficient (Wildman–Crippen LogP) is -0.116. The zero-order valence-electron chi connectivity index (χ0n) is 3.71. The summed E-state index contributed by atoms with van der Waals surface area (Å²) in [6.45, 7) is 0. The van der Waals surface area contributed by atoms with Gasteiger partial charge in [0.25, 0.3) is 11.4 Å². The molecule has 6 heavy (non-hydrogen) atoms. The summed E-state index contributed by atoms with van der Waals surface area (Å²) in [5.74, 6) is 0. The molecule has 3 nitrogen and oxygen atoms in total. The van der Waals surface area contributed by atoms with Gasteiger partial charge in [-0.1, -0.05) is 0 Å². The minimum atomic E-state index is -2.61. The van der Waals surface area contributed by atoms with Crippen molar-refractivity contribution in [3.05, 3.63) is 0 Å². The molecule has 0 atom stereocenters. The molecule has 0 aliphatic heterocycles. The van der Waals surface area contributed by atoms with E-state index in [2.05, 4.69) is 4.17 Å². The topological polar surface area (TPSA) is 57.5 Å². The fourth-order valence-corrected chi connectivity index (χ4v) is 0. The second-order valence-electron chi connectivity index (χ2n) is 0.231. The first-order valence-electron chi connectivity index (χ1n) is 1.53. The average molecular weight is 120 g/mol. The summed E-state index contributed by atoms with van der Waals surface area (Å²) in [5.41, 5.74) is 0. The van der Waals surface area contributed by atoms with Gasteiger partial charge in [0.15, 0.2) is 0 Å². The molecule has 0 saturated heterocycles. The Labute approximate surface area is 56.7 Å². The van der Waals surface area contributed by atoms with Crippen LogP contribution in [0, 0.1) is 0 Å². The van der Waals surface area contributed by atoms with Crippen LogP contribution in [0.3, 0.4) is 0 Å². The Morgan fingerprint density at radius 2 is 1.50 bits per heavy atom. The molecular weight excluding hydrogens is 115 g/mol. The van der Waals surface area contributed by atoms with Crippen molar-refractivity contribution in [2.24, 2.45) is 0 Å². The van der Waals surface area contributed by atoms with Gasteiger partial charge in [0.1, 0.15) is 0 Å². The molecule has 0 rings (SSSR count). The third kappa shape index (κ3) is 73.4. The van der Waals surface area contributed by atoms with E-state index in [9.17, 15) is 0 Å². The van der Waals surface area contributed by atoms with E-state index < -0.39 is 11.4 Å². The molecule has 0 aliphatic carbocycles. The molecule has 0 aromatic rings. The molecule has 5 heteroatoms. The van der Waals surface area contributed by atoms with Crippen LogP contribution in [0.15, 0.2) is 0 Å². The van der Waals surface area contributed by atoms with E-state index in [-0.39, 0.29) is 0 Å². The van der Waals surface area contributed by atoms with E-state index in [1.165, 1.54) is 27.9 Å². The number of hydrogen-bond acceptors (Lipinski definition) is 1. The zero-order chi connectivity index (χ0) is 5.58. The Morgan fingerprint density at radius 3 is 1.50 bits per heavy atom. The van der Waals surface area contributed by atoms with Crippen LogP contribution in [0.1, 0.15) is 0 Å². The van der Waals surface area contributed by atoms with E-state index in [1.807, 2.05) is 0 Å². The maximum absolute atomic E-state index is 8.67. The van der Waals surface area contributed by atoms with Crippen molar-refractivity contribution >= 4 is 39.3 Å². The average Bonchev–Trinajstić information content (AvgIpc) is 1.41. The molecule has 0 amide bonds. The maximum atomic E-state index is 8.67. The molecule has 0 spiro atoms. The molecule has 0 saturated carbocycles. The first-order chi connectivity index (χ1) is 2.73. The van der Waals surface area contributed by atoms with E-state index in [0.29, 0.717) is 0 Å². The molecular formula is CH5NaO3S. The van der Waals surface area contributed by atoms with Crippen LogP contribution in [0.25, 0.3) is 0 Å². The van der Waals surface area contributed by atoms with Crippen LogP contribution in [0.4, 0.5) is 0 Å². The van der Waals surface area contributed by atoms with Gasteiger partial charge in [0.05, 0.1) is 0 Å². The Balaban J connectivity index is 0. The van der Waals surface area contributed by atoms with Gasteiger partial charge in [-0.3, -0.25) is 9.11 Å². The van der Waals surface area contributed by atoms with Crippen LogP contribution >= 0.6 is 0 Å². The van der Waals surface area contributed by atoms with E-state index >= 15 is 0 Å². The van der Waals surface area contributed by atoms with Crippen molar-refractivity contribution in [3.63, 3.8) is 0 Å². The van der Waals surface area contributed by atoms with Gasteiger partial charge >= 0.3 is 32.1 Å². The van der Waals surface area contributed by atoms with Gasteiger partial charge in [-0.15, -0.1) is 0 Å². The summed E-state index contributed by atoms with van der Waals surface area (Å²) in [7, 11) is 0. The van der Waals surface area contributed by atoms with E-state index in [4.69, 9.17) is 13.3 Å². The van der Waals surface area contributed by atoms with Crippen molar-refractivity contribution in [2.75, 3.05) is 0 Å². The Morgan fingerprint density at radius 1 is 1.50 bits per heavy atom. The first-order valence-corrected chi connectivity index (χ1v) is 4.60. The van der Waals surface area contributed by atoms with Crippen molar-refractivity contribution in [3.8, 4) is 0 Å². The number of rotatable bonds is 0. The summed E-state index contributed by atoms with van der Waals surface area (Å²) in [5, 5.41) is 0. The normalized spacial score (nSPS) is 7.00. The van der Waals surface area contributed by atoms with Gasteiger partial charge in [-0.2, -0.15) is 4.21 Å². The molecule has 0 aromatic heterocycles. The molecule has 2 N–H and O–H groups in total. The monoisotopic (exact) mass is 120 g/mol. The van der Waals surface area contributed by atoms with Crippen LogP contribution in [0.5, 0.6) is 0 Å². The van der Waals surface area contributed by atoms with E-state index in [1.54, 1.807) is 0 Å². The van der Waals surface area contributed by atoms with Crippen molar-refractivity contribution in [2.45, 2.75) is 4.17 Å². The van der Waals surface area contributed by atoms with Crippen molar-refractivity contribution in [1.82, 2.24) is 0 Å². The van der Waals surface area contributed by atoms with Crippen LogP contribution in [-0.2, 0) is 11.4 Å². The number of hydrogen-bond donors (Lipinski definition) is 2. The minimum absolute atomic E-state index is 1.31. The fourth-order valence-electron chi connectivity index (χ4n) is 0. The van der Waals surface area contributed by atoms with Gasteiger partial charge < -0.3 is 0 Å². The molecule has 0 radical (unpaired) electrons. The molecule has 0 heterocycles.